The van der Waals surface area contributed by atoms with Crippen molar-refractivity contribution in [2.24, 2.45) is 0 Å². The Kier molecular flexibility index (Phi) is 2.61. The third-order valence-corrected chi connectivity index (χ3v) is 2.43. The van der Waals surface area contributed by atoms with Gasteiger partial charge >= 0.3 is 0 Å². The SMILES string of the molecule is CC(=O)NN[C@@H]1CCn2c(=O)ccc(=O)n21. The first-order valence-electron chi connectivity index (χ1n) is 4.94. The first-order valence-corrected chi connectivity index (χ1v) is 4.94. The zero-order chi connectivity index (χ0) is 11.7. The summed E-state index contributed by atoms with van der Waals surface area (Å²) in [5.74, 6) is -0.246. The molecule has 86 valence electrons. The van der Waals surface area contributed by atoms with Crippen molar-refractivity contribution in [3.05, 3.63) is 32.8 Å². The van der Waals surface area contributed by atoms with Gasteiger partial charge in [0.1, 0.15) is 6.17 Å². The molecule has 0 fully saturated rings. The first kappa shape index (κ1) is 10.6. The number of hydrogen-bond acceptors (Lipinski definition) is 4. The molecular formula is C9H12N4O3. The topological polar surface area (TPSA) is 85.1 Å². The van der Waals surface area contributed by atoms with E-state index in [4.69, 9.17) is 0 Å². The smallest absolute Gasteiger partial charge is 0.266 e. The van der Waals surface area contributed by atoms with Crippen LogP contribution in [0.25, 0.3) is 0 Å². The average Bonchev–Trinajstić information content (AvgIpc) is 2.65. The van der Waals surface area contributed by atoms with Crippen LogP contribution in [0.5, 0.6) is 0 Å². The Morgan fingerprint density at radius 3 is 2.75 bits per heavy atom. The van der Waals surface area contributed by atoms with Crippen molar-refractivity contribution in [1.82, 2.24) is 20.2 Å². The van der Waals surface area contributed by atoms with Crippen LogP contribution in [-0.2, 0) is 11.3 Å². The van der Waals surface area contributed by atoms with E-state index in [-0.39, 0.29) is 23.2 Å². The van der Waals surface area contributed by atoms with E-state index < -0.39 is 0 Å². The highest BCUT2D eigenvalue weighted by molar-refractivity contribution is 5.72. The van der Waals surface area contributed by atoms with Gasteiger partial charge in [-0.2, -0.15) is 0 Å². The zero-order valence-corrected chi connectivity index (χ0v) is 8.77. The van der Waals surface area contributed by atoms with E-state index in [9.17, 15) is 14.4 Å². The minimum absolute atomic E-state index is 0.216. The van der Waals surface area contributed by atoms with Gasteiger partial charge in [-0.3, -0.25) is 19.8 Å². The number of nitrogens with zero attached hydrogens (tertiary/aromatic N) is 2. The molecule has 1 aromatic rings. The molecule has 0 aromatic carbocycles. The monoisotopic (exact) mass is 224 g/mol. The van der Waals surface area contributed by atoms with Gasteiger partial charge < -0.3 is 0 Å². The zero-order valence-electron chi connectivity index (χ0n) is 8.77. The van der Waals surface area contributed by atoms with Crippen LogP contribution in [0.3, 0.4) is 0 Å². The number of hydrogen-bond donors (Lipinski definition) is 2. The summed E-state index contributed by atoms with van der Waals surface area (Å²) >= 11 is 0. The molecule has 1 aliphatic heterocycles. The van der Waals surface area contributed by atoms with Crippen LogP contribution in [-0.4, -0.2) is 15.3 Å². The van der Waals surface area contributed by atoms with Crippen molar-refractivity contribution in [2.75, 3.05) is 0 Å². The third-order valence-electron chi connectivity index (χ3n) is 2.43. The van der Waals surface area contributed by atoms with Crippen molar-refractivity contribution < 1.29 is 4.79 Å². The van der Waals surface area contributed by atoms with Crippen molar-refractivity contribution in [1.29, 1.82) is 0 Å². The summed E-state index contributed by atoms with van der Waals surface area (Å²) in [6.45, 7) is 1.83. The molecule has 1 amide bonds. The second-order valence-electron chi connectivity index (χ2n) is 3.61. The predicted octanol–water partition coefficient (Wildman–Crippen LogP) is -1.45. The van der Waals surface area contributed by atoms with E-state index in [1.165, 1.54) is 28.4 Å². The summed E-state index contributed by atoms with van der Waals surface area (Å²) in [4.78, 5) is 33.7. The van der Waals surface area contributed by atoms with Crippen molar-refractivity contribution in [2.45, 2.75) is 26.1 Å². The highest BCUT2D eigenvalue weighted by Crippen LogP contribution is 2.11. The molecule has 2 heterocycles. The standard InChI is InChI=1S/C9H12N4O3/c1-6(14)10-11-7-4-5-12-8(15)2-3-9(16)13(7)12/h2-3,7,11H,4-5H2,1H3,(H,10,14)/t7-/m0/s1. The van der Waals surface area contributed by atoms with Gasteiger partial charge in [0.05, 0.1) is 0 Å². The number of amides is 1. The summed E-state index contributed by atoms with van der Waals surface area (Å²) in [6.07, 6.45) is 0.213. The fraction of sp³-hybridized carbons (Fsp3) is 0.444. The van der Waals surface area contributed by atoms with Crippen molar-refractivity contribution in [3.8, 4) is 0 Å². The molecule has 7 heteroatoms. The Morgan fingerprint density at radius 1 is 1.38 bits per heavy atom. The molecule has 2 rings (SSSR count). The van der Waals surface area contributed by atoms with E-state index in [0.29, 0.717) is 13.0 Å². The van der Waals surface area contributed by atoms with Crippen LogP contribution in [0.2, 0.25) is 0 Å². The normalized spacial score (nSPS) is 18.2. The third kappa shape index (κ3) is 1.76. The van der Waals surface area contributed by atoms with E-state index in [2.05, 4.69) is 10.9 Å². The van der Waals surface area contributed by atoms with Gasteiger partial charge in [-0.15, -0.1) is 0 Å². The lowest BCUT2D eigenvalue weighted by Crippen LogP contribution is -2.44. The molecule has 0 spiro atoms. The van der Waals surface area contributed by atoms with Gasteiger partial charge in [0.25, 0.3) is 11.1 Å². The molecule has 2 N–H and O–H groups in total. The lowest BCUT2D eigenvalue weighted by Gasteiger charge is -2.15. The molecule has 0 saturated carbocycles. The first-order chi connectivity index (χ1) is 7.59. The molecular weight excluding hydrogens is 212 g/mol. The van der Waals surface area contributed by atoms with E-state index in [1.807, 2.05) is 0 Å². The lowest BCUT2D eigenvalue weighted by molar-refractivity contribution is -0.120. The molecule has 0 saturated heterocycles. The van der Waals surface area contributed by atoms with E-state index in [1.54, 1.807) is 0 Å². The largest absolute Gasteiger partial charge is 0.290 e. The molecule has 0 aliphatic carbocycles. The van der Waals surface area contributed by atoms with Gasteiger partial charge in [0, 0.05) is 32.0 Å². The van der Waals surface area contributed by atoms with Gasteiger partial charge in [0.2, 0.25) is 5.91 Å². The molecule has 1 atom stereocenters. The lowest BCUT2D eigenvalue weighted by atomic mass is 10.4. The number of aromatic nitrogens is 2. The van der Waals surface area contributed by atoms with Crippen molar-refractivity contribution in [3.63, 3.8) is 0 Å². The fourth-order valence-corrected chi connectivity index (χ4v) is 1.76. The van der Waals surface area contributed by atoms with E-state index >= 15 is 0 Å². The van der Waals surface area contributed by atoms with Gasteiger partial charge in [-0.25, -0.2) is 14.8 Å². The van der Waals surface area contributed by atoms with Gasteiger partial charge in [0.15, 0.2) is 0 Å². The Balaban J connectivity index is 2.32. The second-order valence-corrected chi connectivity index (χ2v) is 3.61. The Morgan fingerprint density at radius 2 is 2.06 bits per heavy atom. The van der Waals surface area contributed by atoms with Crippen LogP contribution in [0.15, 0.2) is 21.7 Å². The van der Waals surface area contributed by atoms with Crippen LogP contribution in [0.4, 0.5) is 0 Å². The number of carbonyl (C=O) groups is 1. The summed E-state index contributed by atoms with van der Waals surface area (Å²) in [5, 5.41) is 0. The van der Waals surface area contributed by atoms with Crippen molar-refractivity contribution >= 4 is 5.91 Å². The maximum Gasteiger partial charge on any atom is 0.266 e. The molecule has 1 aromatic heterocycles. The quantitative estimate of drug-likeness (QED) is 0.602. The number of hydrazine groups is 1. The van der Waals surface area contributed by atoms with Crippen LogP contribution in [0, 0.1) is 0 Å². The van der Waals surface area contributed by atoms with Gasteiger partial charge in [-0.1, -0.05) is 0 Å². The molecule has 0 radical (unpaired) electrons. The molecule has 0 bridgehead atoms. The van der Waals surface area contributed by atoms with Crippen LogP contribution >= 0.6 is 0 Å². The molecule has 1 aliphatic rings. The Labute approximate surface area is 90.6 Å². The fourth-order valence-electron chi connectivity index (χ4n) is 1.76. The number of rotatable bonds is 2. The highest BCUT2D eigenvalue weighted by Gasteiger charge is 2.23. The van der Waals surface area contributed by atoms with Gasteiger partial charge in [-0.05, 0) is 0 Å². The predicted molar refractivity (Wildman–Crippen MR) is 55.6 cm³/mol. The summed E-state index contributed by atoms with van der Waals surface area (Å²) in [5.41, 5.74) is 4.64. The molecule has 7 nitrogen and oxygen atoms in total. The number of nitrogens with one attached hydrogen (secondary N) is 2. The minimum atomic E-state index is -0.370. The second kappa shape index (κ2) is 3.93. The average molecular weight is 224 g/mol. The maximum atomic E-state index is 11.6. The number of carbonyl (C=O) groups excluding carboxylic acids is 1. The summed E-state index contributed by atoms with van der Waals surface area (Å²) in [7, 11) is 0. The highest BCUT2D eigenvalue weighted by atomic mass is 16.2. The summed E-state index contributed by atoms with van der Waals surface area (Å²) in [6, 6.07) is 2.48. The molecule has 0 unspecified atom stereocenters. The minimum Gasteiger partial charge on any atom is -0.290 e. The molecule has 16 heavy (non-hydrogen) atoms. The Hall–Kier alpha value is -1.89. The summed E-state index contributed by atoms with van der Waals surface area (Å²) < 4.78 is 2.68. The maximum absolute atomic E-state index is 11.6. The van der Waals surface area contributed by atoms with E-state index in [0.717, 1.165) is 0 Å². The van der Waals surface area contributed by atoms with Crippen LogP contribution < -0.4 is 22.0 Å². The number of fused-ring (bicyclic) bond motifs is 1. The Bertz CT molecular complexity index is 530. The van der Waals surface area contributed by atoms with Crippen LogP contribution in [0.1, 0.15) is 19.5 Å².